The maximum absolute atomic E-state index is 13.6. The van der Waals surface area contributed by atoms with Gasteiger partial charge in [-0.05, 0) is 148 Å². The van der Waals surface area contributed by atoms with Gasteiger partial charge in [-0.2, -0.15) is 56.2 Å². The van der Waals surface area contributed by atoms with Crippen LogP contribution < -0.4 is 50.8 Å². The summed E-state index contributed by atoms with van der Waals surface area (Å²) >= 11 is 13.2. The second kappa shape index (κ2) is 37.0. The zero-order valence-corrected chi connectivity index (χ0v) is 60.9. The van der Waals surface area contributed by atoms with Crippen molar-refractivity contribution in [3.8, 4) is 23.5 Å². The molecule has 108 heavy (non-hydrogen) atoms. The van der Waals surface area contributed by atoms with E-state index < -0.39 is 60.6 Å². The summed E-state index contributed by atoms with van der Waals surface area (Å²) in [6.07, 6.45) is -7.70. The molecule has 12 bridgehead atoms. The Labute approximate surface area is 629 Å². The lowest BCUT2D eigenvalue weighted by Crippen LogP contribution is -2.46. The first-order valence-corrected chi connectivity index (χ1v) is 35.2. The summed E-state index contributed by atoms with van der Waals surface area (Å²) in [5.41, 5.74) is 3.96. The molecule has 10 heterocycles. The van der Waals surface area contributed by atoms with Crippen LogP contribution in [0.4, 0.5) is 71.1 Å². The molecule has 8 aliphatic rings. The van der Waals surface area contributed by atoms with Gasteiger partial charge in [0.05, 0.1) is 24.8 Å². The van der Waals surface area contributed by atoms with E-state index in [4.69, 9.17) is 51.6 Å². The van der Waals surface area contributed by atoms with Gasteiger partial charge in [0, 0.05) is 79.9 Å². The summed E-state index contributed by atoms with van der Waals surface area (Å²) in [6, 6.07) is 45.4. The Bertz CT molecular complexity index is 4530. The third kappa shape index (κ3) is 25.6. The van der Waals surface area contributed by atoms with Gasteiger partial charge in [0.2, 0.25) is 23.8 Å². The Morgan fingerprint density at radius 1 is 0.537 bits per heavy atom. The summed E-state index contributed by atoms with van der Waals surface area (Å²) in [4.78, 5) is 81.0. The van der Waals surface area contributed by atoms with E-state index >= 15 is 0 Å². The number of carbonyl (C=O) groups is 4. The van der Waals surface area contributed by atoms with Gasteiger partial charge in [-0.25, -0.2) is 9.59 Å². The van der Waals surface area contributed by atoms with E-state index in [-0.39, 0.29) is 88.2 Å². The van der Waals surface area contributed by atoms with Crippen molar-refractivity contribution in [3.63, 3.8) is 0 Å². The number of carbonyl (C=O) groups excluding carboxylic acids is 4. The minimum Gasteiger partial charge on any atom is -0.492 e. The van der Waals surface area contributed by atoms with Crippen LogP contribution in [0.15, 0.2) is 158 Å². The Balaban J connectivity index is 0.000000230. The summed E-state index contributed by atoms with van der Waals surface area (Å²) < 4.78 is 110. The monoisotopic (exact) mass is 1530 g/mol. The lowest BCUT2D eigenvalue weighted by Gasteiger charge is -2.32. The van der Waals surface area contributed by atoms with Gasteiger partial charge in [0.15, 0.2) is 13.2 Å². The predicted molar refractivity (Wildman–Crippen MR) is 396 cm³/mol. The topological polar surface area (TPSA) is 280 Å². The Hall–Kier alpha value is -11.0. The summed E-state index contributed by atoms with van der Waals surface area (Å²) in [6.45, 7) is 7.74. The molecule has 0 saturated heterocycles. The molecule has 32 heteroatoms. The number of ether oxygens (including phenoxy) is 6. The van der Waals surface area contributed by atoms with Gasteiger partial charge >= 0.3 is 36.6 Å². The fourth-order valence-corrected chi connectivity index (χ4v) is 11.6. The van der Waals surface area contributed by atoms with Crippen LogP contribution >= 0.6 is 23.2 Å². The molecule has 0 unspecified atom stereocenters. The highest BCUT2D eigenvalue weighted by Gasteiger charge is 2.32. The molecule has 2 aromatic heterocycles. The lowest BCUT2D eigenvalue weighted by atomic mass is 9.92. The second-order valence-corrected chi connectivity index (χ2v) is 27.7. The van der Waals surface area contributed by atoms with E-state index in [0.29, 0.717) is 95.1 Å². The lowest BCUT2D eigenvalue weighted by molar-refractivity contribution is -0.155. The van der Waals surface area contributed by atoms with E-state index in [2.05, 4.69) is 61.8 Å². The molecule has 0 saturated carbocycles. The Kier molecular flexibility index (Phi) is 27.3. The largest absolute Gasteiger partial charge is 0.492 e. The van der Waals surface area contributed by atoms with Crippen molar-refractivity contribution in [1.82, 2.24) is 50.3 Å². The number of alkyl halides is 6. The van der Waals surface area contributed by atoms with Crippen LogP contribution in [-0.4, -0.2) is 148 Å². The number of nitrogens with zero attached hydrogens (tertiary/aromatic N) is 8. The fraction of sp³-hybridized carbons (Fsp3) is 0.342. The quantitative estimate of drug-likeness (QED) is 0.0548. The van der Waals surface area contributed by atoms with Crippen LogP contribution in [0.2, 0.25) is 10.0 Å². The first-order valence-electron chi connectivity index (χ1n) is 34.5. The Morgan fingerprint density at radius 2 is 1.06 bits per heavy atom. The molecule has 24 nitrogen and oxygen atoms in total. The van der Waals surface area contributed by atoms with Crippen molar-refractivity contribution in [2.24, 2.45) is 10.8 Å². The summed E-state index contributed by atoms with van der Waals surface area (Å²) in [5, 5.41) is 20.5. The van der Waals surface area contributed by atoms with Gasteiger partial charge in [-0.3, -0.25) is 9.59 Å². The number of nitrogens with one attached hydrogen (secondary N) is 6. The van der Waals surface area contributed by atoms with E-state index in [9.17, 15) is 45.5 Å². The SMILES string of the molecule is CC1(C)CNC(=O)c2ccc(cc2)Nc2nc(nc(OCC(F)(F)F)n2)NCc2ccc(c(Cl)c2)CCCCN(C(=O)OCCOCc2ccccc2)C1.CC1(C)CNC(=O)c2ccc(cc2)Nc2nc(nc(OCC(F)(F)F)n2)NCc2ccc(c(Cl)c2)OCCCN(C(=O)Oc2ccc3ccccc3c2)C1. The van der Waals surface area contributed by atoms with Gasteiger partial charge in [0.25, 0.3) is 11.8 Å². The molecule has 9 aromatic rings. The van der Waals surface area contributed by atoms with E-state index in [0.717, 1.165) is 33.9 Å². The highest BCUT2D eigenvalue weighted by Crippen LogP contribution is 2.30. The number of hydrogen-bond donors (Lipinski definition) is 6. The normalized spacial score (nSPS) is 15.3. The number of hydrogen-bond acceptors (Lipinski definition) is 20. The molecule has 0 radical (unpaired) electrons. The van der Waals surface area contributed by atoms with E-state index in [1.54, 1.807) is 88.7 Å². The van der Waals surface area contributed by atoms with Gasteiger partial charge in [0.1, 0.15) is 18.1 Å². The van der Waals surface area contributed by atoms with Crippen LogP contribution in [0.5, 0.6) is 23.5 Å². The number of amides is 4. The number of aryl methyl sites for hydroxylation is 1. The third-order valence-corrected chi connectivity index (χ3v) is 17.1. The van der Waals surface area contributed by atoms with Crippen LogP contribution in [0.25, 0.3) is 10.8 Å². The molecule has 17 rings (SSSR count). The predicted octanol–water partition coefficient (Wildman–Crippen LogP) is 15.6. The molecule has 570 valence electrons. The number of aromatic nitrogens is 6. The van der Waals surface area contributed by atoms with Crippen LogP contribution in [0, 0.1) is 10.8 Å². The van der Waals surface area contributed by atoms with Gasteiger partial charge in [-0.15, -0.1) is 0 Å². The van der Waals surface area contributed by atoms with Crippen molar-refractivity contribution < 1.29 is 73.9 Å². The van der Waals surface area contributed by atoms with Crippen LogP contribution in [0.3, 0.4) is 0 Å². The molecule has 7 aromatic carbocycles. The molecular weight excluding hydrogens is 1450 g/mol. The minimum atomic E-state index is -4.61. The summed E-state index contributed by atoms with van der Waals surface area (Å²) in [5.74, 6) is -0.0970. The molecule has 0 atom stereocenters. The second-order valence-electron chi connectivity index (χ2n) is 26.9. The maximum Gasteiger partial charge on any atom is 0.422 e. The maximum atomic E-state index is 13.6. The first kappa shape index (κ1) is 79.6. The van der Waals surface area contributed by atoms with E-state index in [1.807, 2.05) is 107 Å². The van der Waals surface area contributed by atoms with Gasteiger partial charge in [-0.1, -0.05) is 130 Å². The van der Waals surface area contributed by atoms with Crippen molar-refractivity contribution in [1.29, 1.82) is 0 Å². The number of anilines is 6. The molecule has 0 aliphatic carbocycles. The van der Waals surface area contributed by atoms with Crippen molar-refractivity contribution in [3.05, 3.63) is 201 Å². The van der Waals surface area contributed by atoms with Crippen molar-refractivity contribution >= 4 is 93.1 Å². The van der Waals surface area contributed by atoms with E-state index in [1.165, 1.54) is 0 Å². The Morgan fingerprint density at radius 3 is 1.61 bits per heavy atom. The van der Waals surface area contributed by atoms with Crippen LogP contribution in [0.1, 0.15) is 89.9 Å². The molecule has 6 N–H and O–H groups in total. The summed E-state index contributed by atoms with van der Waals surface area (Å²) in [7, 11) is 0. The molecule has 0 fully saturated rings. The third-order valence-electron chi connectivity index (χ3n) is 16.4. The number of halogens is 8. The standard InChI is InChI=1S/C38H37ClF3N7O5.C38H43ClF3N7O5/c1-37(2)21-44-32(50)26-9-12-28(13-10-26)45-34-46-33(47-35(48-34)53-23-38(40,41)42)43-20-24-8-15-31(30(39)18-24)52-17-5-16-49(22-37)36(51)54-29-14-11-25-6-3-4-7-27(25)19-29;1-37(2)23-44-32(50)29-13-15-30(16-14-29)45-34-46-33(47-35(48-34)54-25-38(40,41)42)43-21-27-11-12-28(31(39)20-27)10-6-7-17-49(24-37)36(51)53-19-18-52-22-26-8-4-3-5-9-26/h3-4,6-15,18-19H,5,16-17,20-23H2,1-2H3,(H,44,50)(H2,43,45,46,47,48);3-5,8-9,11-16,20H,6-7,10,17-19,21-25H2,1-2H3,(H,44,50)(H2,43,45,46,47,48). The minimum absolute atomic E-state index is 0.0271. The first-order chi connectivity index (χ1) is 51.6. The molecule has 8 aliphatic heterocycles. The zero-order chi connectivity index (χ0) is 76.9. The van der Waals surface area contributed by atoms with Crippen molar-refractivity contribution in [2.45, 2.75) is 85.4 Å². The van der Waals surface area contributed by atoms with Gasteiger partial charge < -0.3 is 70.1 Å². The zero-order valence-electron chi connectivity index (χ0n) is 59.4. The van der Waals surface area contributed by atoms with Crippen molar-refractivity contribution in [2.75, 3.05) is 93.6 Å². The number of fused-ring (bicyclic) bond motifs is 1. The number of benzene rings is 7. The highest BCUT2D eigenvalue weighted by molar-refractivity contribution is 6.32. The average Bonchev–Trinajstić information content (AvgIpc) is 0.836. The smallest absolute Gasteiger partial charge is 0.422 e. The molecule has 0 spiro atoms. The molecule has 4 amide bonds. The highest BCUT2D eigenvalue weighted by atomic mass is 35.5. The fourth-order valence-electron chi connectivity index (χ4n) is 11.1. The van der Waals surface area contributed by atoms with Crippen LogP contribution in [-0.2, 0) is 35.6 Å². The molecular formula is C76H80Cl2F6N14O10. The number of rotatable bonds is 10. The average molecular weight is 1530 g/mol.